The third-order valence-electron chi connectivity index (χ3n) is 4.13. The van der Waals surface area contributed by atoms with Gasteiger partial charge >= 0.3 is 0 Å². The van der Waals surface area contributed by atoms with E-state index in [1.807, 2.05) is 61.5 Å². The minimum atomic E-state index is -0.466. The first-order valence-corrected chi connectivity index (χ1v) is 8.89. The summed E-state index contributed by atoms with van der Waals surface area (Å²) in [6.45, 7) is 2.55. The van der Waals surface area contributed by atoms with E-state index in [1.54, 1.807) is 12.3 Å². The summed E-state index contributed by atoms with van der Waals surface area (Å²) in [7, 11) is 0. The molecule has 0 unspecified atom stereocenters. The van der Waals surface area contributed by atoms with Gasteiger partial charge in [-0.2, -0.15) is 0 Å². The van der Waals surface area contributed by atoms with Gasteiger partial charge in [0.15, 0.2) is 0 Å². The fourth-order valence-electron chi connectivity index (χ4n) is 2.69. The van der Waals surface area contributed by atoms with Crippen molar-refractivity contribution in [2.45, 2.75) is 19.4 Å². The van der Waals surface area contributed by atoms with Crippen molar-refractivity contribution in [1.29, 1.82) is 0 Å². The van der Waals surface area contributed by atoms with E-state index in [4.69, 9.17) is 16.0 Å². The molecule has 2 aromatic carbocycles. The second-order valence-electron chi connectivity index (χ2n) is 6.08. The van der Waals surface area contributed by atoms with Crippen LogP contribution in [0.3, 0.4) is 0 Å². The highest BCUT2D eigenvalue weighted by Gasteiger charge is 2.20. The van der Waals surface area contributed by atoms with Crippen molar-refractivity contribution in [3.63, 3.8) is 0 Å². The standard InChI is InChI=1S/C21H21ClN2O2/c1-15-9-10-17(14-19(15)22)24-21(25)20(16-6-3-2-4-7-16)23-12-11-18-8-5-13-26-18/h2-10,13-14,20,23H,11-12H2,1H3,(H,24,25)/t20-/m1/s1. The highest BCUT2D eigenvalue weighted by atomic mass is 35.5. The lowest BCUT2D eigenvalue weighted by Crippen LogP contribution is -2.34. The Morgan fingerprint density at radius 1 is 1.12 bits per heavy atom. The Morgan fingerprint density at radius 2 is 1.92 bits per heavy atom. The van der Waals surface area contributed by atoms with Crippen LogP contribution in [0.25, 0.3) is 0 Å². The number of carbonyl (C=O) groups excluding carboxylic acids is 1. The molecule has 134 valence electrons. The summed E-state index contributed by atoms with van der Waals surface area (Å²) in [4.78, 5) is 12.9. The van der Waals surface area contributed by atoms with Gasteiger partial charge in [-0.1, -0.05) is 48.0 Å². The van der Waals surface area contributed by atoms with E-state index in [0.717, 1.165) is 16.9 Å². The summed E-state index contributed by atoms with van der Waals surface area (Å²) in [5.41, 5.74) is 2.56. The van der Waals surface area contributed by atoms with Gasteiger partial charge in [0.25, 0.3) is 0 Å². The zero-order valence-corrected chi connectivity index (χ0v) is 15.3. The molecule has 0 fully saturated rings. The van der Waals surface area contributed by atoms with E-state index in [0.29, 0.717) is 23.7 Å². The molecule has 1 aromatic heterocycles. The number of furan rings is 1. The van der Waals surface area contributed by atoms with Crippen LogP contribution in [0.4, 0.5) is 5.69 Å². The normalized spacial score (nSPS) is 11.9. The highest BCUT2D eigenvalue weighted by Crippen LogP contribution is 2.22. The molecule has 0 aliphatic carbocycles. The minimum Gasteiger partial charge on any atom is -0.469 e. The third-order valence-corrected chi connectivity index (χ3v) is 4.54. The van der Waals surface area contributed by atoms with E-state index < -0.39 is 6.04 Å². The fraction of sp³-hybridized carbons (Fsp3) is 0.190. The average Bonchev–Trinajstić information content (AvgIpc) is 3.16. The van der Waals surface area contributed by atoms with Crippen LogP contribution in [-0.4, -0.2) is 12.5 Å². The van der Waals surface area contributed by atoms with E-state index in [2.05, 4.69) is 10.6 Å². The maximum Gasteiger partial charge on any atom is 0.246 e. The number of halogens is 1. The first-order chi connectivity index (χ1) is 12.6. The number of benzene rings is 2. The van der Waals surface area contributed by atoms with Gasteiger partial charge in [0.05, 0.1) is 6.26 Å². The van der Waals surface area contributed by atoms with Crippen LogP contribution in [0, 0.1) is 6.92 Å². The predicted molar refractivity (Wildman–Crippen MR) is 104 cm³/mol. The summed E-state index contributed by atoms with van der Waals surface area (Å²) in [6, 6.07) is 18.5. The number of anilines is 1. The lowest BCUT2D eigenvalue weighted by molar-refractivity contribution is -0.118. The Kier molecular flexibility index (Phi) is 6.10. The lowest BCUT2D eigenvalue weighted by Gasteiger charge is -2.19. The van der Waals surface area contributed by atoms with Crippen LogP contribution >= 0.6 is 11.6 Å². The first kappa shape index (κ1) is 18.2. The van der Waals surface area contributed by atoms with Gasteiger partial charge in [-0.3, -0.25) is 4.79 Å². The molecule has 1 heterocycles. The SMILES string of the molecule is Cc1ccc(NC(=O)[C@H](NCCc2ccco2)c2ccccc2)cc1Cl. The van der Waals surface area contributed by atoms with Gasteiger partial charge in [0, 0.05) is 23.7 Å². The highest BCUT2D eigenvalue weighted by molar-refractivity contribution is 6.31. The van der Waals surface area contributed by atoms with Gasteiger partial charge in [-0.25, -0.2) is 0 Å². The number of aryl methyl sites for hydroxylation is 1. The Hall–Kier alpha value is -2.56. The van der Waals surface area contributed by atoms with E-state index >= 15 is 0 Å². The van der Waals surface area contributed by atoms with Crippen molar-refractivity contribution in [3.05, 3.63) is 88.8 Å². The molecule has 4 nitrogen and oxygen atoms in total. The molecule has 3 aromatic rings. The Labute approximate surface area is 158 Å². The quantitative estimate of drug-likeness (QED) is 0.632. The molecule has 3 rings (SSSR count). The van der Waals surface area contributed by atoms with E-state index in [1.165, 1.54) is 0 Å². The van der Waals surface area contributed by atoms with Crippen molar-refractivity contribution in [2.24, 2.45) is 0 Å². The van der Waals surface area contributed by atoms with Crippen molar-refractivity contribution < 1.29 is 9.21 Å². The smallest absolute Gasteiger partial charge is 0.246 e. The van der Waals surface area contributed by atoms with Crippen LogP contribution in [0.5, 0.6) is 0 Å². The molecule has 0 aliphatic heterocycles. The molecule has 26 heavy (non-hydrogen) atoms. The van der Waals surface area contributed by atoms with Crippen molar-refractivity contribution in [2.75, 3.05) is 11.9 Å². The molecule has 1 atom stereocenters. The van der Waals surface area contributed by atoms with Crippen LogP contribution in [0.15, 0.2) is 71.3 Å². The molecular formula is C21H21ClN2O2. The maximum absolute atomic E-state index is 12.9. The zero-order chi connectivity index (χ0) is 18.4. The molecule has 0 spiro atoms. The van der Waals surface area contributed by atoms with Gasteiger partial charge in [-0.15, -0.1) is 0 Å². The van der Waals surface area contributed by atoms with Crippen molar-refractivity contribution >= 4 is 23.2 Å². The molecule has 0 bridgehead atoms. The third kappa shape index (κ3) is 4.75. The molecular weight excluding hydrogens is 348 g/mol. The van der Waals surface area contributed by atoms with E-state index in [9.17, 15) is 4.79 Å². The summed E-state index contributed by atoms with van der Waals surface area (Å²) >= 11 is 6.16. The van der Waals surface area contributed by atoms with Crippen LogP contribution in [0.1, 0.15) is 22.9 Å². The van der Waals surface area contributed by atoms with Crippen LogP contribution in [0.2, 0.25) is 5.02 Å². The fourth-order valence-corrected chi connectivity index (χ4v) is 2.87. The Bertz CT molecular complexity index is 848. The average molecular weight is 369 g/mol. The first-order valence-electron chi connectivity index (χ1n) is 8.51. The van der Waals surface area contributed by atoms with Gasteiger partial charge in [0.2, 0.25) is 5.91 Å². The number of hydrogen-bond donors (Lipinski definition) is 2. The van der Waals surface area contributed by atoms with Crippen LogP contribution < -0.4 is 10.6 Å². The molecule has 0 saturated carbocycles. The van der Waals surface area contributed by atoms with Gasteiger partial charge in [0.1, 0.15) is 11.8 Å². The molecule has 5 heteroatoms. The number of hydrogen-bond acceptors (Lipinski definition) is 3. The maximum atomic E-state index is 12.9. The minimum absolute atomic E-state index is 0.129. The molecule has 1 amide bonds. The molecule has 0 radical (unpaired) electrons. The van der Waals surface area contributed by atoms with Crippen LogP contribution in [-0.2, 0) is 11.2 Å². The summed E-state index contributed by atoms with van der Waals surface area (Å²) in [6.07, 6.45) is 2.36. The second-order valence-corrected chi connectivity index (χ2v) is 6.49. The van der Waals surface area contributed by atoms with E-state index in [-0.39, 0.29) is 5.91 Å². The zero-order valence-electron chi connectivity index (χ0n) is 14.5. The Balaban J connectivity index is 1.71. The largest absolute Gasteiger partial charge is 0.469 e. The predicted octanol–water partition coefficient (Wildman–Crippen LogP) is 4.75. The summed E-state index contributed by atoms with van der Waals surface area (Å²) in [5.74, 6) is 0.755. The van der Waals surface area contributed by atoms with Crippen molar-refractivity contribution in [1.82, 2.24) is 5.32 Å². The molecule has 0 aliphatic rings. The van der Waals surface area contributed by atoms with Crippen molar-refractivity contribution in [3.8, 4) is 0 Å². The Morgan fingerprint density at radius 3 is 2.62 bits per heavy atom. The monoisotopic (exact) mass is 368 g/mol. The number of rotatable bonds is 7. The van der Waals surface area contributed by atoms with Gasteiger partial charge in [-0.05, 0) is 42.3 Å². The molecule has 2 N–H and O–H groups in total. The summed E-state index contributed by atoms with van der Waals surface area (Å²) in [5, 5.41) is 6.89. The lowest BCUT2D eigenvalue weighted by atomic mass is 10.1. The second kappa shape index (κ2) is 8.70. The number of amides is 1. The topological polar surface area (TPSA) is 54.3 Å². The summed E-state index contributed by atoms with van der Waals surface area (Å²) < 4.78 is 5.35. The molecule has 0 saturated heterocycles. The number of carbonyl (C=O) groups is 1. The number of nitrogens with one attached hydrogen (secondary N) is 2. The van der Waals surface area contributed by atoms with Gasteiger partial charge < -0.3 is 15.1 Å².